The number of rotatable bonds is 29. The van der Waals surface area contributed by atoms with Crippen molar-refractivity contribution in [2.45, 2.75) is 168 Å². The highest BCUT2D eigenvalue weighted by Gasteiger charge is 2.60. The average Bonchev–Trinajstić information content (AvgIpc) is 1.73. The van der Waals surface area contributed by atoms with Crippen LogP contribution in [0.1, 0.15) is 160 Å². The zero-order chi connectivity index (χ0) is 63.0. The summed E-state index contributed by atoms with van der Waals surface area (Å²) in [7, 11) is 1.61. The number of unbranched alkanes of at least 4 members (excludes halogenated alkanes) is 1. The third kappa shape index (κ3) is 15.8. The van der Waals surface area contributed by atoms with E-state index in [1.165, 1.54) is 97.1 Å². The number of thioether (sulfide) groups is 1. The number of phenols is 2. The smallest absolute Gasteiger partial charge is 0.415 e. The van der Waals surface area contributed by atoms with Gasteiger partial charge >= 0.3 is 18.0 Å². The van der Waals surface area contributed by atoms with E-state index in [0.717, 1.165) is 30.1 Å². The molecule has 21 heteroatoms. The highest BCUT2D eigenvalue weighted by atomic mass is 32.2. The molecule has 10 unspecified atom stereocenters. The number of likely N-dealkylation sites (N-methyl/N-ethyl adjacent to an activating group) is 1. The Morgan fingerprint density at radius 3 is 2.32 bits per heavy atom. The first kappa shape index (κ1) is 67.2. The first-order valence-corrected chi connectivity index (χ1v) is 33.3. The number of carbonyl (C=O) groups excluding carboxylic acids is 4. The molecule has 0 saturated heterocycles. The zero-order valence-electron chi connectivity index (χ0n) is 52.2. The molecular weight excluding hydrogens is 1150 g/mol. The monoisotopic (exact) mass is 1240 g/mol. The molecule has 478 valence electrons. The molecule has 10 atom stereocenters. The number of benzene rings is 2. The predicted octanol–water partition coefficient (Wildman–Crippen LogP) is 9.15. The van der Waals surface area contributed by atoms with Crippen molar-refractivity contribution in [1.82, 2.24) is 25.4 Å². The van der Waals surface area contributed by atoms with Crippen molar-refractivity contribution in [3.8, 4) is 17.2 Å². The van der Waals surface area contributed by atoms with Crippen LogP contribution in [0.15, 0.2) is 23.2 Å². The Labute approximate surface area is 520 Å². The molecule has 87 heavy (non-hydrogen) atoms. The van der Waals surface area contributed by atoms with Gasteiger partial charge in [-0.05, 0) is 142 Å². The number of carboxylic acid groups (broad SMARTS) is 2. The van der Waals surface area contributed by atoms with Crippen LogP contribution in [-0.4, -0.2) is 153 Å². The summed E-state index contributed by atoms with van der Waals surface area (Å²) in [5, 5.41) is 48.4. The van der Waals surface area contributed by atoms with Crippen molar-refractivity contribution in [2.24, 2.45) is 51.3 Å². The summed E-state index contributed by atoms with van der Waals surface area (Å²) in [6, 6.07) is 3.16. The van der Waals surface area contributed by atoms with Crippen LogP contribution < -0.4 is 25.8 Å². The molecule has 3 aromatic rings. The highest BCUT2D eigenvalue weighted by molar-refractivity contribution is 8.15. The number of ether oxygens (including phenoxy) is 3. The fourth-order valence-electron chi connectivity index (χ4n) is 15.6. The molecule has 4 amide bonds. The number of aliphatic carboxylic acids is 2. The Hall–Kier alpha value is -5.77. The maximum atomic E-state index is 13.9. The summed E-state index contributed by atoms with van der Waals surface area (Å²) in [5.41, 5.74) is 1.22. The predicted molar refractivity (Wildman–Crippen MR) is 339 cm³/mol. The number of hydrogen-bond acceptors (Lipinski definition) is 15. The van der Waals surface area contributed by atoms with Gasteiger partial charge < -0.3 is 55.1 Å². The van der Waals surface area contributed by atoms with Gasteiger partial charge in [-0.1, -0.05) is 60.6 Å². The number of amides is 4. The van der Waals surface area contributed by atoms with Crippen LogP contribution in [0.3, 0.4) is 0 Å². The van der Waals surface area contributed by atoms with Crippen LogP contribution in [0, 0.1) is 53.3 Å². The normalized spacial score (nSPS) is 24.9. The summed E-state index contributed by atoms with van der Waals surface area (Å²) in [5.74, 6) is 1.92. The third-order valence-electron chi connectivity index (χ3n) is 20.7. The second-order valence-corrected chi connectivity index (χ2v) is 28.6. The Morgan fingerprint density at radius 1 is 0.839 bits per heavy atom. The van der Waals surface area contributed by atoms with Gasteiger partial charge in [-0.2, -0.15) is 0 Å². The van der Waals surface area contributed by atoms with E-state index in [4.69, 9.17) is 14.2 Å². The van der Waals surface area contributed by atoms with E-state index < -0.39 is 35.5 Å². The summed E-state index contributed by atoms with van der Waals surface area (Å²) in [6.45, 7) is 21.7. The van der Waals surface area contributed by atoms with Gasteiger partial charge in [-0.3, -0.25) is 19.4 Å². The lowest BCUT2D eigenvalue weighted by atomic mass is 9.44. The van der Waals surface area contributed by atoms with Crippen molar-refractivity contribution in [1.29, 1.82) is 0 Å². The van der Waals surface area contributed by atoms with Crippen LogP contribution >= 0.6 is 23.1 Å². The van der Waals surface area contributed by atoms with Crippen LogP contribution in [0.4, 0.5) is 4.79 Å². The molecule has 1 aromatic heterocycles. The number of aromatic hydroxyl groups is 2. The standard InChI is InChI=1S/C66H94N6O13S2/c1-39(46-20-21-47-45-19-17-43-14-10-12-26-65(43,7)48(45)24-27-66(46,47)8)16-23-54(74)68-50(61(78)79)15-11-13-28-67-53(73)25-32-83-34-35-84-33-31-72(30-29-71(9)55(75)37-64(5,6)56-42(4)57(76)40(2)41(3)58(56)77)63(82)85-44-18-22-49-52(36-44)87-60(69-49)59-70-51(38-86-59)62(80)81/h18,22,36,39,43,45-48,50-51,76-77H,3-4,10-17,19-21,23-35,37-38H2,1-2,5-9H3,(H,67,73)(H,68,74)(H,78,79)(H,80,81). The van der Waals surface area contributed by atoms with Gasteiger partial charge in [-0.25, -0.2) is 19.4 Å². The van der Waals surface area contributed by atoms with Crippen LogP contribution in [-0.2, 0) is 38.9 Å². The fraction of sp³-hybridized carbons (Fsp3) is 0.667. The van der Waals surface area contributed by atoms with E-state index in [2.05, 4.69) is 54.5 Å². The Balaban J connectivity index is 0.731. The minimum Gasteiger partial charge on any atom is -0.507 e. The number of hydrogen-bond donors (Lipinski definition) is 6. The number of aliphatic imine (C=N–C) groups is 1. The molecule has 4 fully saturated rings. The largest absolute Gasteiger partial charge is 0.507 e. The fourth-order valence-corrected chi connectivity index (χ4v) is 17.7. The number of carbonyl (C=O) groups is 6. The van der Waals surface area contributed by atoms with Crippen molar-refractivity contribution < 1.29 is 63.4 Å². The number of phenolic OH excluding ortho intramolecular Hbond substituents is 2. The van der Waals surface area contributed by atoms with Gasteiger partial charge in [0.15, 0.2) is 6.04 Å². The molecule has 19 nitrogen and oxygen atoms in total. The lowest BCUT2D eigenvalue weighted by Gasteiger charge is -2.61. The van der Waals surface area contributed by atoms with Gasteiger partial charge in [0.2, 0.25) is 17.7 Å². The third-order valence-corrected chi connectivity index (χ3v) is 22.9. The Morgan fingerprint density at radius 2 is 1.59 bits per heavy atom. The number of carboxylic acids is 2. The van der Waals surface area contributed by atoms with Gasteiger partial charge in [0.05, 0.1) is 36.6 Å². The average molecular weight is 1240 g/mol. The van der Waals surface area contributed by atoms with E-state index in [-0.39, 0.29) is 111 Å². The number of aromatic nitrogens is 1. The molecule has 0 bridgehead atoms. The zero-order valence-corrected chi connectivity index (χ0v) is 53.9. The summed E-state index contributed by atoms with van der Waals surface area (Å²) in [6.07, 6.45) is 15.3. The van der Waals surface area contributed by atoms with Gasteiger partial charge in [0.25, 0.3) is 0 Å². The lowest BCUT2D eigenvalue weighted by Crippen LogP contribution is -2.53. The first-order valence-electron chi connectivity index (χ1n) is 31.5. The molecule has 4 aliphatic carbocycles. The lowest BCUT2D eigenvalue weighted by molar-refractivity contribution is -0.142. The van der Waals surface area contributed by atoms with Gasteiger partial charge in [0.1, 0.15) is 33.3 Å². The molecule has 6 N–H and O–H groups in total. The highest BCUT2D eigenvalue weighted by Crippen LogP contribution is 2.68. The van der Waals surface area contributed by atoms with Crippen LogP contribution in [0.25, 0.3) is 23.4 Å². The van der Waals surface area contributed by atoms with Crippen molar-refractivity contribution in [3.05, 3.63) is 44.8 Å². The summed E-state index contributed by atoms with van der Waals surface area (Å²) in [4.78, 5) is 88.9. The molecule has 8 rings (SSSR count). The summed E-state index contributed by atoms with van der Waals surface area (Å²) >= 11 is 2.62. The van der Waals surface area contributed by atoms with E-state index >= 15 is 0 Å². The molecule has 2 aromatic carbocycles. The van der Waals surface area contributed by atoms with E-state index in [9.17, 15) is 49.2 Å². The maximum absolute atomic E-state index is 13.9. The van der Waals surface area contributed by atoms with Crippen molar-refractivity contribution >= 4 is 87.3 Å². The van der Waals surface area contributed by atoms with Gasteiger partial charge in [0, 0.05) is 91.3 Å². The second kappa shape index (κ2) is 29.2. The SMILES string of the molecule is C=c1c(C)c(O)c(=C)c(C(C)(C)CC(=O)N(C)CCN(CCOCCOCCC(=O)NCCCCC(NC(=O)CCC(C)C2CCC3C4CCC5CCCCC5(C)C4CCC23C)C(=O)O)C(=O)Oc2ccc3nc(C4=NC(C(=O)O)CS4)sc3c2)c1O. The van der Waals surface area contributed by atoms with E-state index in [1.54, 1.807) is 46.0 Å². The Kier molecular flexibility index (Phi) is 22.6. The Bertz CT molecular complexity index is 3130. The number of nitrogens with one attached hydrogen (secondary N) is 2. The van der Waals surface area contributed by atoms with Crippen molar-refractivity contribution in [2.75, 3.05) is 65.4 Å². The number of thiazole rings is 1. The van der Waals surface area contributed by atoms with E-state index in [0.29, 0.717) is 85.6 Å². The van der Waals surface area contributed by atoms with Crippen molar-refractivity contribution in [3.63, 3.8) is 0 Å². The molecular formula is C66H94N6O13S2. The maximum Gasteiger partial charge on any atom is 0.415 e. The molecule has 0 radical (unpaired) electrons. The topological polar surface area (TPSA) is 267 Å². The second-order valence-electron chi connectivity index (χ2n) is 26.6. The van der Waals surface area contributed by atoms with Gasteiger partial charge in [-0.15, -0.1) is 23.1 Å². The molecule has 4 saturated carbocycles. The van der Waals surface area contributed by atoms with Crippen LogP contribution in [0.2, 0.25) is 0 Å². The molecule has 5 aliphatic rings. The quantitative estimate of drug-likeness (QED) is 0.0279. The first-order chi connectivity index (χ1) is 41.3. The summed E-state index contributed by atoms with van der Waals surface area (Å²) < 4.78 is 18.1. The minimum atomic E-state index is -1.06. The number of fused-ring (bicyclic) bond motifs is 6. The molecule has 0 spiro atoms. The molecule has 1 aliphatic heterocycles. The number of nitrogens with zero attached hydrogens (tertiary/aromatic N) is 4. The minimum absolute atomic E-state index is 0.0577. The van der Waals surface area contributed by atoms with Crippen LogP contribution in [0.5, 0.6) is 17.2 Å². The van der Waals surface area contributed by atoms with E-state index in [1.807, 2.05) is 0 Å². The molecule has 2 heterocycles.